The fourth-order valence-electron chi connectivity index (χ4n) is 4.66. The van der Waals surface area contributed by atoms with Crippen molar-refractivity contribution in [3.8, 4) is 0 Å². The quantitative estimate of drug-likeness (QED) is 0.318. The summed E-state index contributed by atoms with van der Waals surface area (Å²) in [6, 6.07) is 4.09. The van der Waals surface area contributed by atoms with E-state index in [0.29, 0.717) is 33.7 Å². The van der Waals surface area contributed by atoms with Gasteiger partial charge in [-0.05, 0) is 51.8 Å². The van der Waals surface area contributed by atoms with Gasteiger partial charge < -0.3 is 20.7 Å². The normalized spacial score (nSPS) is 17.9. The number of thiophene rings is 1. The summed E-state index contributed by atoms with van der Waals surface area (Å²) in [6.07, 6.45) is 4.90. The third-order valence-electron chi connectivity index (χ3n) is 6.39. The minimum atomic E-state index is -0.580. The molecule has 1 aliphatic rings. The molecule has 5 rings (SSSR count). The van der Waals surface area contributed by atoms with Gasteiger partial charge in [0.05, 0.1) is 33.5 Å². The average Bonchev–Trinajstić information content (AvgIpc) is 3.39. The lowest BCUT2D eigenvalue weighted by Crippen LogP contribution is -2.50. The van der Waals surface area contributed by atoms with Gasteiger partial charge in [0.25, 0.3) is 5.91 Å². The summed E-state index contributed by atoms with van der Waals surface area (Å²) in [4.78, 5) is 34.7. The number of hydrogen-bond donors (Lipinski definition) is 3. The number of anilines is 2. The zero-order valence-corrected chi connectivity index (χ0v) is 22.5. The molecule has 2 amide bonds. The number of benzene rings is 1. The van der Waals surface area contributed by atoms with E-state index in [1.54, 1.807) is 24.7 Å². The second kappa shape index (κ2) is 10.2. The summed E-state index contributed by atoms with van der Waals surface area (Å²) < 4.78 is 21.4. The van der Waals surface area contributed by atoms with Gasteiger partial charge in [-0.15, -0.1) is 11.3 Å². The van der Waals surface area contributed by atoms with Crippen molar-refractivity contribution in [2.75, 3.05) is 10.6 Å². The van der Waals surface area contributed by atoms with Gasteiger partial charge in [0.2, 0.25) is 5.95 Å². The van der Waals surface area contributed by atoms with Crippen molar-refractivity contribution in [2.24, 2.45) is 7.05 Å². The van der Waals surface area contributed by atoms with Crippen LogP contribution >= 0.6 is 11.3 Å². The second-order valence-corrected chi connectivity index (χ2v) is 11.3. The monoisotopic (exact) mass is 539 g/mol. The number of aromatic nitrogens is 4. The molecule has 38 heavy (non-hydrogen) atoms. The van der Waals surface area contributed by atoms with E-state index in [2.05, 4.69) is 31.0 Å². The first-order valence-corrected chi connectivity index (χ1v) is 13.4. The van der Waals surface area contributed by atoms with E-state index in [0.717, 1.165) is 30.4 Å². The number of nitrogens with zero attached hydrogens (tertiary/aromatic N) is 4. The lowest BCUT2D eigenvalue weighted by molar-refractivity contribution is 0.0488. The Labute approximate surface area is 223 Å². The fourth-order valence-corrected chi connectivity index (χ4v) is 5.50. The number of carbonyl (C=O) groups is 2. The van der Waals surface area contributed by atoms with Gasteiger partial charge >= 0.3 is 6.09 Å². The lowest BCUT2D eigenvalue weighted by Gasteiger charge is -2.33. The molecule has 3 aromatic heterocycles. The van der Waals surface area contributed by atoms with Gasteiger partial charge in [0.15, 0.2) is 5.82 Å². The van der Waals surface area contributed by atoms with Crippen LogP contribution in [0.2, 0.25) is 0 Å². The van der Waals surface area contributed by atoms with Gasteiger partial charge in [0.1, 0.15) is 11.4 Å². The number of ether oxygens (including phenoxy) is 1. The Bertz CT molecular complexity index is 1510. The summed E-state index contributed by atoms with van der Waals surface area (Å²) in [5, 5.41) is 15.9. The Morgan fingerprint density at radius 3 is 2.71 bits per heavy atom. The van der Waals surface area contributed by atoms with Gasteiger partial charge in [-0.25, -0.2) is 19.2 Å². The summed E-state index contributed by atoms with van der Waals surface area (Å²) in [5.74, 6) is -0.0167. The maximum absolute atomic E-state index is 13.7. The van der Waals surface area contributed by atoms with Crippen molar-refractivity contribution in [3.05, 3.63) is 41.2 Å². The third kappa shape index (κ3) is 5.54. The molecule has 12 heteroatoms. The largest absolute Gasteiger partial charge is 0.444 e. The van der Waals surface area contributed by atoms with Crippen molar-refractivity contribution < 1.29 is 18.7 Å². The fraction of sp³-hybridized carbons (Fsp3) is 0.423. The van der Waals surface area contributed by atoms with Crippen LogP contribution in [-0.2, 0) is 11.8 Å². The predicted molar refractivity (Wildman–Crippen MR) is 145 cm³/mol. The summed E-state index contributed by atoms with van der Waals surface area (Å²) in [5.41, 5.74) is 0.905. The highest BCUT2D eigenvalue weighted by Crippen LogP contribution is 2.29. The van der Waals surface area contributed by atoms with E-state index in [-0.39, 0.29) is 23.8 Å². The number of fused-ring (bicyclic) bond motifs is 2. The van der Waals surface area contributed by atoms with Crippen molar-refractivity contribution in [2.45, 2.75) is 64.1 Å². The SMILES string of the molecule is Cn1nc(NC(=O)c2csc3cnc(N[C@@H]4CCCC[C@@H]4NC(=O)OC(C)(C)C)nc23)c2ccc(F)cc21. The first-order valence-electron chi connectivity index (χ1n) is 12.5. The van der Waals surface area contributed by atoms with Crippen LogP contribution in [0, 0.1) is 5.82 Å². The number of alkyl carbamates (subject to hydrolysis) is 1. The van der Waals surface area contributed by atoms with Gasteiger partial charge in [-0.1, -0.05) is 12.8 Å². The maximum atomic E-state index is 13.7. The first kappa shape index (κ1) is 25.8. The molecule has 4 aromatic rings. The number of hydrogen-bond acceptors (Lipinski definition) is 8. The molecule has 1 saturated carbocycles. The van der Waals surface area contributed by atoms with Crippen molar-refractivity contribution in [1.82, 2.24) is 25.1 Å². The molecule has 200 valence electrons. The third-order valence-corrected chi connectivity index (χ3v) is 7.29. The Hall–Kier alpha value is -3.80. The van der Waals surface area contributed by atoms with E-state index in [4.69, 9.17) is 4.74 Å². The van der Waals surface area contributed by atoms with Crippen molar-refractivity contribution >= 4 is 56.2 Å². The van der Waals surface area contributed by atoms with Crippen molar-refractivity contribution in [3.63, 3.8) is 0 Å². The zero-order chi connectivity index (χ0) is 27.0. The Morgan fingerprint density at radius 2 is 1.95 bits per heavy atom. The van der Waals surface area contributed by atoms with Gasteiger partial charge in [-0.3, -0.25) is 9.48 Å². The molecular weight excluding hydrogens is 509 g/mol. The molecule has 1 aromatic carbocycles. The molecule has 0 spiro atoms. The van der Waals surface area contributed by atoms with Crippen LogP contribution in [0.5, 0.6) is 0 Å². The van der Waals surface area contributed by atoms with Crippen LogP contribution in [0.1, 0.15) is 56.8 Å². The number of aryl methyl sites for hydroxylation is 1. The molecule has 1 aliphatic carbocycles. The van der Waals surface area contributed by atoms with Crippen LogP contribution in [-0.4, -0.2) is 49.4 Å². The Morgan fingerprint density at radius 1 is 1.18 bits per heavy atom. The molecule has 0 unspecified atom stereocenters. The molecule has 0 aliphatic heterocycles. The molecule has 0 radical (unpaired) electrons. The van der Waals surface area contributed by atoms with Crippen LogP contribution in [0.15, 0.2) is 29.8 Å². The molecule has 3 heterocycles. The highest BCUT2D eigenvalue weighted by Gasteiger charge is 2.29. The van der Waals surface area contributed by atoms with Gasteiger partial charge in [-0.2, -0.15) is 5.10 Å². The summed E-state index contributed by atoms with van der Waals surface area (Å²) >= 11 is 1.37. The number of carbonyl (C=O) groups excluding carboxylic acids is 2. The Balaban J connectivity index is 1.34. The average molecular weight is 540 g/mol. The van der Waals surface area contributed by atoms with Gasteiger partial charge in [0, 0.05) is 23.9 Å². The minimum absolute atomic E-state index is 0.0788. The van der Waals surface area contributed by atoms with Crippen LogP contribution < -0.4 is 16.0 Å². The highest BCUT2D eigenvalue weighted by atomic mass is 32.1. The molecule has 10 nitrogen and oxygen atoms in total. The number of rotatable bonds is 5. The summed E-state index contributed by atoms with van der Waals surface area (Å²) in [7, 11) is 1.69. The van der Waals surface area contributed by atoms with Crippen LogP contribution in [0.4, 0.5) is 21.0 Å². The summed E-state index contributed by atoms with van der Waals surface area (Å²) in [6.45, 7) is 5.49. The van der Waals surface area contributed by atoms with E-state index in [1.165, 1.54) is 28.2 Å². The number of halogens is 1. The molecule has 2 atom stereocenters. The molecule has 1 fully saturated rings. The first-order chi connectivity index (χ1) is 18.1. The maximum Gasteiger partial charge on any atom is 0.407 e. The van der Waals surface area contributed by atoms with Crippen LogP contribution in [0.3, 0.4) is 0 Å². The van der Waals surface area contributed by atoms with Crippen molar-refractivity contribution in [1.29, 1.82) is 0 Å². The molecule has 0 saturated heterocycles. The lowest BCUT2D eigenvalue weighted by atomic mass is 9.90. The van der Waals surface area contributed by atoms with E-state index in [1.807, 2.05) is 20.8 Å². The number of amides is 2. The molecule has 0 bridgehead atoms. The highest BCUT2D eigenvalue weighted by molar-refractivity contribution is 7.17. The van der Waals surface area contributed by atoms with E-state index < -0.39 is 11.7 Å². The topological polar surface area (TPSA) is 123 Å². The smallest absolute Gasteiger partial charge is 0.407 e. The zero-order valence-electron chi connectivity index (χ0n) is 21.7. The minimum Gasteiger partial charge on any atom is -0.444 e. The standard InChI is InChI=1S/C26H30FN7O3S/c1-26(2,3)37-25(36)30-18-8-6-5-7-17(18)29-24-28-12-20-21(31-24)16(13-38-20)23(35)32-22-15-10-9-14(27)11-19(15)34(4)33-22/h9-13,17-18H,5-8H2,1-4H3,(H,30,36)(H,28,29,31)(H,32,33,35)/t17-,18+/m1/s1. The van der Waals surface area contributed by atoms with E-state index in [9.17, 15) is 14.0 Å². The van der Waals surface area contributed by atoms with Crippen LogP contribution in [0.25, 0.3) is 21.1 Å². The number of nitrogens with one attached hydrogen (secondary N) is 3. The Kier molecular flexibility index (Phi) is 6.91. The molecular formula is C26H30FN7O3S. The van der Waals surface area contributed by atoms with E-state index >= 15 is 0 Å². The predicted octanol–water partition coefficient (Wildman–Crippen LogP) is 5.22. The molecule has 3 N–H and O–H groups in total. The second-order valence-electron chi connectivity index (χ2n) is 10.4.